The van der Waals surface area contributed by atoms with E-state index in [2.05, 4.69) is 9.97 Å². The lowest BCUT2D eigenvalue weighted by atomic mass is 10.1. The van der Waals surface area contributed by atoms with E-state index in [0.717, 1.165) is 21.5 Å². The van der Waals surface area contributed by atoms with Crippen molar-refractivity contribution in [1.82, 2.24) is 9.97 Å². The quantitative estimate of drug-likeness (QED) is 0.541. The molecule has 0 atom stereocenters. The van der Waals surface area contributed by atoms with Crippen LogP contribution in [0.2, 0.25) is 0 Å². The second-order valence-electron chi connectivity index (χ2n) is 5.08. The topological polar surface area (TPSA) is 44.2 Å². The molecule has 0 aliphatic carbocycles. The number of fused-ring (bicyclic) bond motifs is 2. The number of hydrogen-bond acceptors (Lipinski definition) is 4. The van der Waals surface area contributed by atoms with Gasteiger partial charge in [-0.15, -0.1) is 0 Å². The third-order valence-electron chi connectivity index (χ3n) is 3.67. The highest BCUT2D eigenvalue weighted by molar-refractivity contribution is 6.21. The molecule has 0 aliphatic heterocycles. The predicted octanol–water partition coefficient (Wildman–Crippen LogP) is 3.51. The van der Waals surface area contributed by atoms with Gasteiger partial charge in [0.15, 0.2) is 0 Å². The highest BCUT2D eigenvalue weighted by Gasteiger charge is 2.08. The van der Waals surface area contributed by atoms with Crippen molar-refractivity contribution in [3.8, 4) is 11.8 Å². The molecular weight excluding hydrogens is 287 g/mol. The molecule has 0 fully saturated rings. The Morgan fingerprint density at radius 2 is 1.09 bits per heavy atom. The molecule has 0 saturated carbocycles. The van der Waals surface area contributed by atoms with Crippen LogP contribution in [0.3, 0.4) is 0 Å². The molecule has 2 heterocycles. The summed E-state index contributed by atoms with van der Waals surface area (Å²) in [5, 5.41) is 4.09. The molecule has 5 heteroatoms. The van der Waals surface area contributed by atoms with Crippen LogP contribution in [0.1, 0.15) is 0 Å². The number of benzene rings is 2. The van der Waals surface area contributed by atoms with Crippen molar-refractivity contribution < 1.29 is 9.31 Å². The van der Waals surface area contributed by atoms with E-state index in [9.17, 15) is 0 Å². The lowest BCUT2D eigenvalue weighted by molar-refractivity contribution is 0.445. The van der Waals surface area contributed by atoms with E-state index in [1.165, 1.54) is 0 Å². The molecule has 4 nitrogen and oxygen atoms in total. The molecule has 23 heavy (non-hydrogen) atoms. The van der Waals surface area contributed by atoms with Gasteiger partial charge in [0.2, 0.25) is 11.8 Å². The lowest BCUT2D eigenvalue weighted by Crippen LogP contribution is -2.13. The molecule has 0 radical (unpaired) electrons. The number of nitrogens with zero attached hydrogens (tertiary/aromatic N) is 2. The number of rotatable bonds is 4. The summed E-state index contributed by atoms with van der Waals surface area (Å²) in [6.07, 6.45) is 3.46. The van der Waals surface area contributed by atoms with Gasteiger partial charge in [0.05, 0.1) is 0 Å². The Morgan fingerprint density at radius 3 is 1.61 bits per heavy atom. The first kappa shape index (κ1) is 13.6. The Kier molecular flexibility index (Phi) is 3.52. The minimum atomic E-state index is 0.0576. The van der Waals surface area contributed by atoms with E-state index in [1.807, 2.05) is 60.7 Å². The summed E-state index contributed by atoms with van der Waals surface area (Å²) in [7, 11) is 0.0576. The van der Waals surface area contributed by atoms with Gasteiger partial charge in [-0.3, -0.25) is 0 Å². The largest absolute Gasteiger partial charge is 0.578 e. The number of hydrogen-bond donors (Lipinski definition) is 0. The van der Waals surface area contributed by atoms with Gasteiger partial charge in [-0.1, -0.05) is 36.4 Å². The lowest BCUT2D eigenvalue weighted by Gasteiger charge is -2.09. The van der Waals surface area contributed by atoms with Crippen molar-refractivity contribution in [2.45, 2.75) is 0 Å². The maximum atomic E-state index is 5.70. The van der Waals surface area contributed by atoms with Crippen molar-refractivity contribution in [2.75, 3.05) is 0 Å². The maximum Gasteiger partial charge on any atom is 0.578 e. The molecule has 2 aromatic carbocycles. The SMILES string of the molecule is B(Oc1nccc2ccccc12)Oc1nccc2ccccc12. The fourth-order valence-electron chi connectivity index (χ4n) is 2.55. The zero-order valence-electron chi connectivity index (χ0n) is 12.3. The van der Waals surface area contributed by atoms with Gasteiger partial charge in [-0.2, -0.15) is 0 Å². The zero-order chi connectivity index (χ0) is 15.5. The van der Waals surface area contributed by atoms with Gasteiger partial charge in [0, 0.05) is 23.2 Å². The Morgan fingerprint density at radius 1 is 0.609 bits per heavy atom. The highest BCUT2D eigenvalue weighted by Crippen LogP contribution is 2.24. The Labute approximate surface area is 134 Å². The second kappa shape index (κ2) is 5.97. The third-order valence-corrected chi connectivity index (χ3v) is 3.67. The van der Waals surface area contributed by atoms with Gasteiger partial charge in [-0.25, -0.2) is 9.97 Å². The number of pyridine rings is 2. The minimum absolute atomic E-state index is 0.0576. The fourth-order valence-corrected chi connectivity index (χ4v) is 2.55. The number of aromatic nitrogens is 2. The molecule has 4 aromatic rings. The predicted molar refractivity (Wildman–Crippen MR) is 91.9 cm³/mol. The molecular formula is C18H13BN2O2. The van der Waals surface area contributed by atoms with Crippen LogP contribution in [0.5, 0.6) is 11.8 Å². The summed E-state index contributed by atoms with van der Waals surface area (Å²) >= 11 is 0. The highest BCUT2D eigenvalue weighted by atomic mass is 16.6. The van der Waals surface area contributed by atoms with E-state index in [-0.39, 0.29) is 7.69 Å². The fraction of sp³-hybridized carbons (Fsp3) is 0. The molecule has 2 aromatic heterocycles. The summed E-state index contributed by atoms with van der Waals surface area (Å²) in [6.45, 7) is 0. The van der Waals surface area contributed by atoms with Gasteiger partial charge in [0.1, 0.15) is 0 Å². The molecule has 0 aliphatic rings. The molecule has 0 unspecified atom stereocenters. The smallest absolute Gasteiger partial charge is 0.514 e. The van der Waals surface area contributed by atoms with Crippen molar-refractivity contribution in [1.29, 1.82) is 0 Å². The van der Waals surface area contributed by atoms with Crippen molar-refractivity contribution in [3.05, 3.63) is 73.1 Å². The summed E-state index contributed by atoms with van der Waals surface area (Å²) in [6, 6.07) is 19.8. The molecule has 0 saturated heterocycles. The zero-order valence-corrected chi connectivity index (χ0v) is 12.3. The first-order valence-corrected chi connectivity index (χ1v) is 7.35. The summed E-state index contributed by atoms with van der Waals surface area (Å²) < 4.78 is 11.4. The van der Waals surface area contributed by atoms with Gasteiger partial charge < -0.3 is 9.31 Å². The third kappa shape index (κ3) is 2.69. The van der Waals surface area contributed by atoms with Gasteiger partial charge >= 0.3 is 7.69 Å². The Bertz CT molecular complexity index is 885. The summed E-state index contributed by atoms with van der Waals surface area (Å²) in [4.78, 5) is 8.56. The molecule has 0 spiro atoms. The average molecular weight is 300 g/mol. The van der Waals surface area contributed by atoms with E-state index >= 15 is 0 Å². The molecule has 0 amide bonds. The van der Waals surface area contributed by atoms with E-state index < -0.39 is 0 Å². The van der Waals surface area contributed by atoms with Crippen LogP contribution in [-0.4, -0.2) is 17.7 Å². The van der Waals surface area contributed by atoms with Crippen LogP contribution >= 0.6 is 0 Å². The van der Waals surface area contributed by atoms with Gasteiger partial charge in [-0.05, 0) is 35.0 Å². The van der Waals surface area contributed by atoms with E-state index in [1.54, 1.807) is 12.4 Å². The van der Waals surface area contributed by atoms with Crippen LogP contribution in [0.4, 0.5) is 0 Å². The summed E-state index contributed by atoms with van der Waals surface area (Å²) in [5.74, 6) is 1.12. The van der Waals surface area contributed by atoms with Crippen LogP contribution < -0.4 is 9.31 Å². The average Bonchev–Trinajstić information content (AvgIpc) is 2.62. The van der Waals surface area contributed by atoms with Crippen LogP contribution in [-0.2, 0) is 0 Å². The van der Waals surface area contributed by atoms with Crippen LogP contribution in [0, 0.1) is 0 Å². The second-order valence-corrected chi connectivity index (χ2v) is 5.08. The molecule has 4 rings (SSSR count). The van der Waals surface area contributed by atoms with Crippen LogP contribution in [0.15, 0.2) is 73.1 Å². The monoisotopic (exact) mass is 300 g/mol. The standard InChI is InChI=1S/C18H13BN2O2/c1-3-7-15-13(5-1)9-11-20-17(15)22-19-23-18-16-8-4-2-6-14(16)10-12-21-18/h1-12,19H. The molecule has 110 valence electrons. The maximum absolute atomic E-state index is 5.70. The molecule has 0 bridgehead atoms. The Balaban J connectivity index is 1.55. The van der Waals surface area contributed by atoms with Crippen molar-refractivity contribution in [2.24, 2.45) is 0 Å². The normalized spacial score (nSPS) is 10.6. The Hall–Kier alpha value is -3.08. The first-order chi connectivity index (χ1) is 11.4. The first-order valence-electron chi connectivity index (χ1n) is 7.35. The van der Waals surface area contributed by atoms with Gasteiger partial charge in [0.25, 0.3) is 0 Å². The molecule has 0 N–H and O–H groups in total. The van der Waals surface area contributed by atoms with Crippen molar-refractivity contribution >= 4 is 29.2 Å². The van der Waals surface area contributed by atoms with E-state index in [4.69, 9.17) is 9.31 Å². The summed E-state index contributed by atoms with van der Waals surface area (Å²) in [5.41, 5.74) is 0. The van der Waals surface area contributed by atoms with Crippen molar-refractivity contribution in [3.63, 3.8) is 0 Å². The van der Waals surface area contributed by atoms with Crippen LogP contribution in [0.25, 0.3) is 21.5 Å². The minimum Gasteiger partial charge on any atom is -0.514 e. The van der Waals surface area contributed by atoms with E-state index in [0.29, 0.717) is 11.8 Å².